The number of thioether (sulfide) groups is 1. The number of rotatable bonds is 5. The van der Waals surface area contributed by atoms with Gasteiger partial charge >= 0.3 is 0 Å². The zero-order valence-electron chi connectivity index (χ0n) is 16.1. The minimum atomic E-state index is -0.525. The number of methoxy groups -OCH3 is 2. The number of nitrogens with zero attached hydrogens (tertiary/aromatic N) is 3. The first-order chi connectivity index (χ1) is 14.1. The van der Waals surface area contributed by atoms with E-state index in [1.165, 1.54) is 11.8 Å². The molecule has 0 saturated carbocycles. The summed E-state index contributed by atoms with van der Waals surface area (Å²) in [7, 11) is 3.21. The van der Waals surface area contributed by atoms with Gasteiger partial charge in [0.1, 0.15) is 0 Å². The Morgan fingerprint density at radius 1 is 1.14 bits per heavy atom. The normalized spacial score (nSPS) is 14.7. The minimum Gasteiger partial charge on any atom is -0.493 e. The maximum absolute atomic E-state index is 6.30. The van der Waals surface area contributed by atoms with Gasteiger partial charge in [0.05, 0.1) is 14.2 Å². The van der Waals surface area contributed by atoms with Crippen LogP contribution in [0, 0.1) is 0 Å². The van der Waals surface area contributed by atoms with Crippen molar-refractivity contribution in [1.82, 2.24) is 15.2 Å². The van der Waals surface area contributed by atoms with Gasteiger partial charge in [0, 0.05) is 21.3 Å². The summed E-state index contributed by atoms with van der Waals surface area (Å²) in [4.78, 5) is 4.60. The molecule has 2 heterocycles. The van der Waals surface area contributed by atoms with E-state index >= 15 is 0 Å². The van der Waals surface area contributed by atoms with Crippen molar-refractivity contribution in [2.24, 2.45) is 0 Å². The summed E-state index contributed by atoms with van der Waals surface area (Å²) in [6.07, 6.45) is -0.525. The highest BCUT2D eigenvalue weighted by Gasteiger charge is 2.28. The van der Waals surface area contributed by atoms with Crippen molar-refractivity contribution in [3.05, 3.63) is 46.4 Å². The Labute approximate surface area is 181 Å². The number of para-hydroxylation sites is 1. The van der Waals surface area contributed by atoms with E-state index in [4.69, 9.17) is 14.2 Å². The molecule has 0 aliphatic carbocycles. The number of hydrogen-bond donors (Lipinski definition) is 1. The van der Waals surface area contributed by atoms with Crippen LogP contribution in [0.1, 0.15) is 18.7 Å². The van der Waals surface area contributed by atoms with Crippen molar-refractivity contribution in [3.63, 3.8) is 0 Å². The van der Waals surface area contributed by atoms with Crippen molar-refractivity contribution in [2.75, 3.05) is 25.3 Å². The fourth-order valence-corrected chi connectivity index (χ4v) is 4.08. The molecular formula is C20H19BrN4O3S. The molecule has 0 radical (unpaired) electrons. The van der Waals surface area contributed by atoms with Crippen molar-refractivity contribution in [2.45, 2.75) is 18.3 Å². The maximum Gasteiger partial charge on any atom is 0.247 e. The third-order valence-corrected chi connectivity index (χ3v) is 5.80. The van der Waals surface area contributed by atoms with Crippen LogP contribution in [0.25, 0.3) is 11.3 Å². The molecule has 2 aromatic carbocycles. The molecule has 0 spiro atoms. The summed E-state index contributed by atoms with van der Waals surface area (Å²) in [6.45, 7) is 2.04. The molecule has 0 fully saturated rings. The van der Waals surface area contributed by atoms with Crippen LogP contribution in [0.2, 0.25) is 0 Å². The first-order valence-corrected chi connectivity index (χ1v) is 10.7. The van der Waals surface area contributed by atoms with E-state index in [9.17, 15) is 0 Å². The van der Waals surface area contributed by atoms with Crippen LogP contribution in [0.4, 0.5) is 5.69 Å². The number of benzene rings is 2. The molecule has 1 atom stereocenters. The predicted molar refractivity (Wildman–Crippen MR) is 116 cm³/mol. The van der Waals surface area contributed by atoms with E-state index in [-0.39, 0.29) is 0 Å². The molecule has 0 bridgehead atoms. The van der Waals surface area contributed by atoms with Crippen LogP contribution in [-0.2, 0) is 0 Å². The average Bonchev–Trinajstić information content (AvgIpc) is 2.90. The number of nitrogens with one attached hydrogen (secondary N) is 1. The summed E-state index contributed by atoms with van der Waals surface area (Å²) >= 11 is 5.14. The molecule has 9 heteroatoms. The first kappa shape index (κ1) is 19.8. The SMILES string of the molecule is CCSc1nnc2c(n1)OC(c1cc(OC)c(OC)cc1Br)Nc1ccccc1-2. The molecule has 4 rings (SSSR count). The zero-order valence-corrected chi connectivity index (χ0v) is 18.5. The van der Waals surface area contributed by atoms with Crippen molar-refractivity contribution >= 4 is 33.4 Å². The highest BCUT2D eigenvalue weighted by Crippen LogP contribution is 2.43. The molecule has 1 N–H and O–H groups in total. The Morgan fingerprint density at radius 3 is 2.66 bits per heavy atom. The number of aromatic nitrogens is 3. The van der Waals surface area contributed by atoms with Crippen LogP contribution in [0.3, 0.4) is 0 Å². The Balaban J connectivity index is 1.84. The van der Waals surface area contributed by atoms with Gasteiger partial charge in [-0.1, -0.05) is 52.8 Å². The molecule has 150 valence electrons. The fraction of sp³-hybridized carbons (Fsp3) is 0.250. The second-order valence-electron chi connectivity index (χ2n) is 6.10. The molecule has 1 unspecified atom stereocenters. The van der Waals surface area contributed by atoms with Crippen molar-refractivity contribution in [3.8, 4) is 28.6 Å². The van der Waals surface area contributed by atoms with Crippen LogP contribution in [0.15, 0.2) is 46.0 Å². The Hall–Kier alpha value is -2.52. The number of ether oxygens (including phenoxy) is 3. The van der Waals surface area contributed by atoms with E-state index in [2.05, 4.69) is 36.4 Å². The second-order valence-corrected chi connectivity index (χ2v) is 8.18. The molecular weight excluding hydrogens is 456 g/mol. The number of anilines is 1. The van der Waals surface area contributed by atoms with Gasteiger partial charge in [-0.2, -0.15) is 4.98 Å². The summed E-state index contributed by atoms with van der Waals surface area (Å²) in [5.41, 5.74) is 3.21. The molecule has 1 aliphatic rings. The lowest BCUT2D eigenvalue weighted by molar-refractivity contribution is 0.223. The molecule has 7 nitrogen and oxygen atoms in total. The minimum absolute atomic E-state index is 0.431. The Bertz CT molecular complexity index is 1050. The largest absolute Gasteiger partial charge is 0.493 e. The van der Waals surface area contributed by atoms with E-state index in [0.29, 0.717) is 28.2 Å². The van der Waals surface area contributed by atoms with Gasteiger partial charge < -0.3 is 19.5 Å². The van der Waals surface area contributed by atoms with Gasteiger partial charge in [-0.3, -0.25) is 0 Å². The number of hydrogen-bond acceptors (Lipinski definition) is 8. The van der Waals surface area contributed by atoms with Crippen LogP contribution in [0.5, 0.6) is 17.4 Å². The summed E-state index contributed by atoms with van der Waals surface area (Å²) in [5, 5.41) is 12.7. The lowest BCUT2D eigenvalue weighted by atomic mass is 10.1. The van der Waals surface area contributed by atoms with Gasteiger partial charge in [-0.05, 0) is 24.0 Å². The van der Waals surface area contributed by atoms with Crippen LogP contribution < -0.4 is 19.5 Å². The molecule has 29 heavy (non-hydrogen) atoms. The van der Waals surface area contributed by atoms with Gasteiger partial charge in [-0.25, -0.2) is 0 Å². The smallest absolute Gasteiger partial charge is 0.247 e. The third kappa shape index (κ3) is 3.84. The Kier molecular flexibility index (Phi) is 5.77. The van der Waals surface area contributed by atoms with Crippen molar-refractivity contribution in [1.29, 1.82) is 0 Å². The molecule has 0 amide bonds. The molecule has 1 aromatic heterocycles. The van der Waals surface area contributed by atoms with Crippen LogP contribution >= 0.6 is 27.7 Å². The number of fused-ring (bicyclic) bond motifs is 3. The topological polar surface area (TPSA) is 78.4 Å². The standard InChI is InChI=1S/C20H19BrN4O3S/c1-4-29-20-23-19-17(24-25-20)11-7-5-6-8-14(11)22-18(28-19)12-9-15(26-2)16(27-3)10-13(12)21/h5-10,18,22H,4H2,1-3H3. The summed E-state index contributed by atoms with van der Waals surface area (Å²) in [5.74, 6) is 2.51. The van der Waals surface area contributed by atoms with Crippen molar-refractivity contribution < 1.29 is 14.2 Å². The fourth-order valence-electron chi connectivity index (χ4n) is 3.05. The second kappa shape index (κ2) is 8.46. The zero-order chi connectivity index (χ0) is 20.4. The lowest BCUT2D eigenvalue weighted by Gasteiger charge is -2.22. The third-order valence-electron chi connectivity index (χ3n) is 4.39. The summed E-state index contributed by atoms with van der Waals surface area (Å²) < 4.78 is 18.0. The van der Waals surface area contributed by atoms with E-state index in [1.54, 1.807) is 14.2 Å². The van der Waals surface area contributed by atoms with Gasteiger partial charge in [0.2, 0.25) is 11.0 Å². The first-order valence-electron chi connectivity index (χ1n) is 8.96. The summed E-state index contributed by atoms with van der Waals surface area (Å²) in [6, 6.07) is 11.6. The van der Waals surface area contributed by atoms with E-state index < -0.39 is 6.23 Å². The van der Waals surface area contributed by atoms with Gasteiger partial charge in [-0.15, -0.1) is 10.2 Å². The van der Waals surface area contributed by atoms with Gasteiger partial charge in [0.15, 0.2) is 23.4 Å². The van der Waals surface area contributed by atoms with Gasteiger partial charge in [0.25, 0.3) is 0 Å². The average molecular weight is 475 g/mol. The lowest BCUT2D eigenvalue weighted by Crippen LogP contribution is -2.18. The molecule has 0 saturated heterocycles. The Morgan fingerprint density at radius 2 is 1.90 bits per heavy atom. The predicted octanol–water partition coefficient (Wildman–Crippen LogP) is 4.93. The number of halogens is 1. The monoisotopic (exact) mass is 474 g/mol. The highest BCUT2D eigenvalue weighted by molar-refractivity contribution is 9.10. The maximum atomic E-state index is 6.30. The highest BCUT2D eigenvalue weighted by atomic mass is 79.9. The molecule has 1 aliphatic heterocycles. The quantitative estimate of drug-likeness (QED) is 0.521. The van der Waals surface area contributed by atoms with E-state index in [1.807, 2.05) is 43.3 Å². The molecule has 3 aromatic rings. The van der Waals surface area contributed by atoms with E-state index in [0.717, 1.165) is 27.0 Å². The van der Waals surface area contributed by atoms with Crippen LogP contribution in [-0.4, -0.2) is 35.2 Å².